The number of carbonyl (C=O) groups is 1. The summed E-state index contributed by atoms with van der Waals surface area (Å²) >= 11 is 0. The lowest BCUT2D eigenvalue weighted by molar-refractivity contribution is 0.0844. The Morgan fingerprint density at radius 1 is 1.21 bits per heavy atom. The summed E-state index contributed by atoms with van der Waals surface area (Å²) in [7, 11) is 3.24. The number of hydrogen-bond acceptors (Lipinski definition) is 7. The monoisotopic (exact) mass is 382 g/mol. The van der Waals surface area contributed by atoms with Crippen molar-refractivity contribution in [3.8, 4) is 5.75 Å². The fraction of sp³-hybridized carbons (Fsp3) is 0.238. The van der Waals surface area contributed by atoms with E-state index in [1.807, 2.05) is 12.1 Å². The van der Waals surface area contributed by atoms with Gasteiger partial charge in [0.05, 0.1) is 30.5 Å². The van der Waals surface area contributed by atoms with E-state index in [1.54, 1.807) is 42.3 Å². The fourth-order valence-electron chi connectivity index (χ4n) is 3.01. The molecule has 7 heteroatoms. The van der Waals surface area contributed by atoms with E-state index in [0.29, 0.717) is 22.7 Å². The molecule has 2 aromatic carbocycles. The van der Waals surface area contributed by atoms with Crippen molar-refractivity contribution < 1.29 is 19.1 Å². The normalized spacial score (nSPS) is 13.2. The van der Waals surface area contributed by atoms with Crippen molar-refractivity contribution >= 4 is 28.1 Å². The second kappa shape index (κ2) is 7.84. The van der Waals surface area contributed by atoms with Gasteiger partial charge < -0.3 is 24.9 Å². The topological polar surface area (TPSA) is 106 Å². The van der Waals surface area contributed by atoms with Gasteiger partial charge in [-0.15, -0.1) is 0 Å². The van der Waals surface area contributed by atoms with E-state index < -0.39 is 23.6 Å². The number of rotatable bonds is 6. The average Bonchev–Trinajstić information content (AvgIpc) is 2.70. The van der Waals surface area contributed by atoms with E-state index >= 15 is 0 Å². The predicted octanol–water partition coefficient (Wildman–Crippen LogP) is 2.46. The van der Waals surface area contributed by atoms with Crippen LogP contribution in [0.5, 0.6) is 5.75 Å². The summed E-state index contributed by atoms with van der Waals surface area (Å²) in [5, 5.41) is 10.4. The van der Waals surface area contributed by atoms with Crippen LogP contribution in [0.4, 0.5) is 11.4 Å². The molecule has 0 fully saturated rings. The van der Waals surface area contributed by atoms with E-state index in [2.05, 4.69) is 0 Å². The number of aliphatic hydroxyl groups excluding tert-OH is 1. The summed E-state index contributed by atoms with van der Waals surface area (Å²) in [5.41, 5.74) is 7.37. The average molecular weight is 382 g/mol. The zero-order valence-corrected chi connectivity index (χ0v) is 15.9. The molecule has 3 N–H and O–H groups in total. The number of benzene rings is 2. The Bertz CT molecular complexity index is 1070. The molecule has 0 aliphatic heterocycles. The van der Waals surface area contributed by atoms with Crippen LogP contribution in [0.3, 0.4) is 0 Å². The second-order valence-corrected chi connectivity index (χ2v) is 6.52. The van der Waals surface area contributed by atoms with Gasteiger partial charge in [-0.2, -0.15) is 0 Å². The maximum atomic E-state index is 12.7. The minimum absolute atomic E-state index is 0.257. The van der Waals surface area contributed by atoms with Gasteiger partial charge in [0.2, 0.25) is 0 Å². The van der Waals surface area contributed by atoms with Crippen LogP contribution < -0.4 is 21.0 Å². The first-order valence-corrected chi connectivity index (χ1v) is 8.76. The molecule has 0 saturated heterocycles. The van der Waals surface area contributed by atoms with Crippen molar-refractivity contribution in [2.24, 2.45) is 5.73 Å². The summed E-state index contributed by atoms with van der Waals surface area (Å²) in [6.07, 6.45) is -0.999. The van der Waals surface area contributed by atoms with Crippen molar-refractivity contribution in [1.82, 2.24) is 0 Å². The molecule has 0 saturated carbocycles. The standard InChI is InChI=1S/C21H22N2O5/c1-12(24)20(22)21(26)15-10-13(8-9-17(15)27-3)23(2)16-11-19(25)28-18-7-5-4-6-14(16)18/h4-12,20,24H,22H2,1-3H3. The lowest BCUT2D eigenvalue weighted by Gasteiger charge is -2.23. The maximum Gasteiger partial charge on any atom is 0.338 e. The van der Waals surface area contributed by atoms with Crippen molar-refractivity contribution in [2.75, 3.05) is 19.1 Å². The number of aliphatic hydroxyl groups is 1. The largest absolute Gasteiger partial charge is 0.496 e. The number of Topliss-reactive ketones (excluding diaryl/α,β-unsaturated/α-hetero) is 1. The number of para-hydroxylation sites is 1. The Balaban J connectivity index is 2.11. The number of fused-ring (bicyclic) bond motifs is 1. The number of methoxy groups -OCH3 is 1. The molecule has 28 heavy (non-hydrogen) atoms. The zero-order chi connectivity index (χ0) is 20.4. The maximum absolute atomic E-state index is 12.7. The van der Waals surface area contributed by atoms with Crippen molar-refractivity contribution in [1.29, 1.82) is 0 Å². The van der Waals surface area contributed by atoms with Crippen LogP contribution in [-0.2, 0) is 0 Å². The summed E-state index contributed by atoms with van der Waals surface area (Å²) in [6.45, 7) is 1.46. The molecule has 3 aromatic rings. The van der Waals surface area contributed by atoms with Crippen LogP contribution in [0.15, 0.2) is 57.7 Å². The molecule has 7 nitrogen and oxygen atoms in total. The number of hydrogen-bond donors (Lipinski definition) is 2. The molecule has 0 aliphatic rings. The van der Waals surface area contributed by atoms with Gasteiger partial charge in [0, 0.05) is 24.2 Å². The van der Waals surface area contributed by atoms with Crippen molar-refractivity contribution in [3.05, 3.63) is 64.5 Å². The summed E-state index contributed by atoms with van der Waals surface area (Å²) in [5.74, 6) is -0.0739. The first-order chi connectivity index (χ1) is 13.3. The highest BCUT2D eigenvalue weighted by molar-refractivity contribution is 6.04. The smallest absolute Gasteiger partial charge is 0.338 e. The third-order valence-electron chi connectivity index (χ3n) is 4.65. The summed E-state index contributed by atoms with van der Waals surface area (Å²) in [4.78, 5) is 26.4. The molecule has 146 valence electrons. The van der Waals surface area contributed by atoms with Gasteiger partial charge in [-0.1, -0.05) is 12.1 Å². The first kappa shape index (κ1) is 19.6. The molecule has 0 amide bonds. The molecule has 2 atom stereocenters. The molecule has 1 aromatic heterocycles. The Labute approximate surface area is 161 Å². The van der Waals surface area contributed by atoms with Crippen molar-refractivity contribution in [3.63, 3.8) is 0 Å². The van der Waals surface area contributed by atoms with Gasteiger partial charge in [-0.05, 0) is 37.3 Å². The Hall–Kier alpha value is -3.16. The highest BCUT2D eigenvalue weighted by Crippen LogP contribution is 2.33. The minimum Gasteiger partial charge on any atom is -0.496 e. The Morgan fingerprint density at radius 3 is 2.61 bits per heavy atom. The third-order valence-corrected chi connectivity index (χ3v) is 4.65. The van der Waals surface area contributed by atoms with Crippen LogP contribution in [0.25, 0.3) is 11.0 Å². The third kappa shape index (κ3) is 3.62. The van der Waals surface area contributed by atoms with Gasteiger partial charge in [0.15, 0.2) is 5.78 Å². The van der Waals surface area contributed by atoms with Gasteiger partial charge in [-0.25, -0.2) is 4.79 Å². The van der Waals surface area contributed by atoms with E-state index in [-0.39, 0.29) is 5.56 Å². The lowest BCUT2D eigenvalue weighted by atomic mass is 9.99. The van der Waals surface area contributed by atoms with E-state index in [1.165, 1.54) is 20.1 Å². The van der Waals surface area contributed by atoms with E-state index in [0.717, 1.165) is 5.39 Å². The number of nitrogens with two attached hydrogens (primary N) is 1. The zero-order valence-electron chi connectivity index (χ0n) is 15.9. The highest BCUT2D eigenvalue weighted by atomic mass is 16.5. The first-order valence-electron chi connectivity index (χ1n) is 8.76. The van der Waals surface area contributed by atoms with Gasteiger partial charge in [-0.3, -0.25) is 4.79 Å². The molecule has 0 radical (unpaired) electrons. The van der Waals surface area contributed by atoms with Gasteiger partial charge >= 0.3 is 5.63 Å². The van der Waals surface area contributed by atoms with Crippen LogP contribution in [0.2, 0.25) is 0 Å². The SMILES string of the molecule is COc1ccc(N(C)c2cc(=O)oc3ccccc23)cc1C(=O)C(N)C(C)O. The molecule has 3 rings (SSSR count). The van der Waals surface area contributed by atoms with Gasteiger partial charge in [0.25, 0.3) is 0 Å². The van der Waals surface area contributed by atoms with E-state index in [4.69, 9.17) is 14.9 Å². The minimum atomic E-state index is -1.07. The molecule has 1 heterocycles. The van der Waals surface area contributed by atoms with Crippen LogP contribution >= 0.6 is 0 Å². The molecule has 0 bridgehead atoms. The molecule has 0 spiro atoms. The molecule has 2 unspecified atom stereocenters. The summed E-state index contributed by atoms with van der Waals surface area (Å²) in [6, 6.07) is 12.6. The van der Waals surface area contributed by atoms with Crippen LogP contribution in [-0.4, -0.2) is 37.2 Å². The lowest BCUT2D eigenvalue weighted by Crippen LogP contribution is -2.40. The Kier molecular flexibility index (Phi) is 5.48. The number of nitrogens with zero attached hydrogens (tertiary/aromatic N) is 1. The van der Waals surface area contributed by atoms with Crippen LogP contribution in [0, 0.1) is 0 Å². The fourth-order valence-corrected chi connectivity index (χ4v) is 3.01. The summed E-state index contributed by atoms with van der Waals surface area (Å²) < 4.78 is 10.5. The van der Waals surface area contributed by atoms with Gasteiger partial charge in [0.1, 0.15) is 11.3 Å². The number of carbonyl (C=O) groups excluding carboxylic acids is 1. The second-order valence-electron chi connectivity index (χ2n) is 6.52. The number of ether oxygens (including phenoxy) is 1. The Morgan fingerprint density at radius 2 is 1.93 bits per heavy atom. The number of anilines is 2. The van der Waals surface area contributed by atoms with Crippen LogP contribution in [0.1, 0.15) is 17.3 Å². The molecule has 0 aliphatic carbocycles. The van der Waals surface area contributed by atoms with Crippen molar-refractivity contribution in [2.45, 2.75) is 19.1 Å². The van der Waals surface area contributed by atoms with E-state index in [9.17, 15) is 14.7 Å². The highest BCUT2D eigenvalue weighted by Gasteiger charge is 2.24. The number of ketones is 1. The quantitative estimate of drug-likeness (QED) is 0.498. The molecular formula is C21H22N2O5. The molecular weight excluding hydrogens is 360 g/mol. The predicted molar refractivity (Wildman–Crippen MR) is 108 cm³/mol.